The zero-order chi connectivity index (χ0) is 17.5. The topological polar surface area (TPSA) is 58.6 Å². The number of piperidine rings is 1. The number of hydrogen-bond acceptors (Lipinski definition) is 4. The summed E-state index contributed by atoms with van der Waals surface area (Å²) in [4.78, 5) is 26.2. The standard InChI is InChI=1S/C19H28N2O3/c1-4-15-8-6-7-14(3)18(15)20-17(22)13-21-11-9-16(10-12-21)19(23)24-5-2/h6-8,16H,4-5,9-13H2,1-3H3,(H,20,22). The van der Waals surface area contributed by atoms with Crippen molar-refractivity contribution in [3.05, 3.63) is 29.3 Å². The fraction of sp³-hybridized carbons (Fsp3) is 0.579. The number of anilines is 1. The largest absolute Gasteiger partial charge is 0.466 e. The van der Waals surface area contributed by atoms with Gasteiger partial charge in [-0.1, -0.05) is 25.1 Å². The fourth-order valence-electron chi connectivity index (χ4n) is 3.17. The van der Waals surface area contributed by atoms with Gasteiger partial charge in [-0.25, -0.2) is 0 Å². The SMILES string of the molecule is CCOC(=O)C1CCN(CC(=O)Nc2c(C)cccc2CC)CC1. The normalized spacial score (nSPS) is 16.0. The lowest BCUT2D eigenvalue weighted by atomic mass is 9.97. The number of aryl methyl sites for hydroxylation is 2. The van der Waals surface area contributed by atoms with Crippen LogP contribution >= 0.6 is 0 Å². The van der Waals surface area contributed by atoms with Crippen LogP contribution in [0.1, 0.15) is 37.8 Å². The van der Waals surface area contributed by atoms with Gasteiger partial charge in [0.25, 0.3) is 0 Å². The minimum atomic E-state index is -0.103. The first kappa shape index (κ1) is 18.5. The van der Waals surface area contributed by atoms with E-state index in [9.17, 15) is 9.59 Å². The summed E-state index contributed by atoms with van der Waals surface area (Å²) < 4.78 is 5.08. The average Bonchev–Trinajstić information content (AvgIpc) is 2.57. The van der Waals surface area contributed by atoms with Crippen molar-refractivity contribution < 1.29 is 14.3 Å². The second kappa shape index (κ2) is 8.83. The molecule has 1 amide bonds. The first-order chi connectivity index (χ1) is 11.5. The molecule has 0 aliphatic carbocycles. The average molecular weight is 332 g/mol. The molecule has 0 saturated carbocycles. The Balaban J connectivity index is 1.85. The van der Waals surface area contributed by atoms with Crippen LogP contribution in [0.4, 0.5) is 5.69 Å². The number of benzene rings is 1. The summed E-state index contributed by atoms with van der Waals surface area (Å²) in [6.07, 6.45) is 2.41. The van der Waals surface area contributed by atoms with E-state index in [4.69, 9.17) is 4.74 Å². The Bertz CT molecular complexity index is 578. The number of carbonyl (C=O) groups excluding carboxylic acids is 2. The Labute approximate surface area is 144 Å². The maximum absolute atomic E-state index is 12.4. The van der Waals surface area contributed by atoms with Crippen LogP contribution in [0.15, 0.2) is 18.2 Å². The quantitative estimate of drug-likeness (QED) is 0.814. The number of nitrogens with one attached hydrogen (secondary N) is 1. The van der Waals surface area contributed by atoms with Crippen molar-refractivity contribution in [1.82, 2.24) is 4.90 Å². The van der Waals surface area contributed by atoms with Crippen molar-refractivity contribution in [3.63, 3.8) is 0 Å². The third kappa shape index (κ3) is 4.81. The number of rotatable bonds is 6. The highest BCUT2D eigenvalue weighted by Crippen LogP contribution is 2.22. The number of ether oxygens (including phenoxy) is 1. The van der Waals surface area contributed by atoms with Gasteiger partial charge in [0, 0.05) is 5.69 Å². The number of nitrogens with zero attached hydrogens (tertiary/aromatic N) is 1. The number of para-hydroxylation sites is 1. The summed E-state index contributed by atoms with van der Waals surface area (Å²) in [6, 6.07) is 6.08. The molecule has 1 aromatic rings. The highest BCUT2D eigenvalue weighted by Gasteiger charge is 2.26. The van der Waals surface area contributed by atoms with Gasteiger partial charge in [-0.15, -0.1) is 0 Å². The molecule has 2 rings (SSSR count). The van der Waals surface area contributed by atoms with Crippen LogP contribution in [0.25, 0.3) is 0 Å². The van der Waals surface area contributed by atoms with Crippen LogP contribution in [0.2, 0.25) is 0 Å². The number of likely N-dealkylation sites (tertiary alicyclic amines) is 1. The lowest BCUT2D eigenvalue weighted by Gasteiger charge is -2.30. The van der Waals surface area contributed by atoms with Crippen molar-refractivity contribution in [2.45, 2.75) is 40.0 Å². The van der Waals surface area contributed by atoms with Crippen molar-refractivity contribution in [2.75, 3.05) is 31.6 Å². The molecule has 132 valence electrons. The summed E-state index contributed by atoms with van der Waals surface area (Å²) in [5, 5.41) is 3.06. The van der Waals surface area contributed by atoms with Gasteiger partial charge in [0.05, 0.1) is 19.1 Å². The van der Waals surface area contributed by atoms with Crippen LogP contribution in [0.3, 0.4) is 0 Å². The van der Waals surface area contributed by atoms with Gasteiger partial charge in [0.2, 0.25) is 5.91 Å². The van der Waals surface area contributed by atoms with Gasteiger partial charge in [-0.3, -0.25) is 14.5 Å². The molecular weight excluding hydrogens is 304 g/mol. The van der Waals surface area contributed by atoms with Gasteiger partial charge in [-0.05, 0) is 57.3 Å². The predicted molar refractivity (Wildman–Crippen MR) is 95.0 cm³/mol. The highest BCUT2D eigenvalue weighted by atomic mass is 16.5. The van der Waals surface area contributed by atoms with E-state index in [0.29, 0.717) is 13.2 Å². The zero-order valence-corrected chi connectivity index (χ0v) is 14.9. The minimum absolute atomic E-state index is 0.00795. The van der Waals surface area contributed by atoms with Gasteiger partial charge >= 0.3 is 5.97 Å². The van der Waals surface area contributed by atoms with E-state index in [1.54, 1.807) is 0 Å². The van der Waals surface area contributed by atoms with Crippen molar-refractivity contribution >= 4 is 17.6 Å². The van der Waals surface area contributed by atoms with Crippen molar-refractivity contribution in [1.29, 1.82) is 0 Å². The number of amides is 1. The van der Waals surface area contributed by atoms with Gasteiger partial charge in [-0.2, -0.15) is 0 Å². The lowest BCUT2D eigenvalue weighted by molar-refractivity contribution is -0.149. The molecule has 0 aromatic heterocycles. The fourth-order valence-corrected chi connectivity index (χ4v) is 3.17. The van der Waals surface area contributed by atoms with Crippen LogP contribution in [0, 0.1) is 12.8 Å². The zero-order valence-electron chi connectivity index (χ0n) is 14.9. The molecule has 1 fully saturated rings. The van der Waals surface area contributed by atoms with E-state index in [1.165, 1.54) is 0 Å². The molecule has 0 atom stereocenters. The number of carbonyl (C=O) groups is 2. The molecule has 1 aliphatic rings. The summed E-state index contributed by atoms with van der Waals surface area (Å²) in [7, 11) is 0. The molecule has 5 heteroatoms. The second-order valence-corrected chi connectivity index (χ2v) is 6.31. The maximum atomic E-state index is 12.4. The van der Waals surface area contributed by atoms with Crippen LogP contribution in [-0.4, -0.2) is 43.0 Å². The molecule has 1 heterocycles. The second-order valence-electron chi connectivity index (χ2n) is 6.31. The molecule has 1 aliphatic heterocycles. The Morgan fingerprint density at radius 1 is 1.25 bits per heavy atom. The van der Waals surface area contributed by atoms with Gasteiger partial charge in [0.15, 0.2) is 0 Å². The summed E-state index contributed by atoms with van der Waals surface area (Å²) in [6.45, 7) is 8.24. The number of esters is 1. The van der Waals surface area contributed by atoms with E-state index in [1.807, 2.05) is 32.0 Å². The Morgan fingerprint density at radius 2 is 1.96 bits per heavy atom. The molecule has 0 bridgehead atoms. The third-order valence-corrected chi connectivity index (χ3v) is 4.58. The van der Waals surface area contributed by atoms with E-state index in [2.05, 4.69) is 17.1 Å². The summed E-state index contributed by atoms with van der Waals surface area (Å²) in [5.41, 5.74) is 3.18. The van der Waals surface area contributed by atoms with E-state index >= 15 is 0 Å². The first-order valence-electron chi connectivity index (χ1n) is 8.82. The molecule has 1 saturated heterocycles. The van der Waals surface area contributed by atoms with E-state index in [-0.39, 0.29) is 17.8 Å². The van der Waals surface area contributed by atoms with Crippen LogP contribution in [-0.2, 0) is 20.7 Å². The molecule has 0 spiro atoms. The predicted octanol–water partition coefficient (Wildman–Crippen LogP) is 2.77. The minimum Gasteiger partial charge on any atom is -0.466 e. The smallest absolute Gasteiger partial charge is 0.309 e. The lowest BCUT2D eigenvalue weighted by Crippen LogP contribution is -2.41. The van der Waals surface area contributed by atoms with E-state index in [0.717, 1.165) is 49.2 Å². The monoisotopic (exact) mass is 332 g/mol. The molecule has 0 unspecified atom stereocenters. The van der Waals surface area contributed by atoms with E-state index < -0.39 is 0 Å². The van der Waals surface area contributed by atoms with Crippen LogP contribution in [0.5, 0.6) is 0 Å². The third-order valence-electron chi connectivity index (χ3n) is 4.58. The molecule has 24 heavy (non-hydrogen) atoms. The Morgan fingerprint density at radius 3 is 2.58 bits per heavy atom. The Kier molecular flexibility index (Phi) is 6.79. The summed E-state index contributed by atoms with van der Waals surface area (Å²) in [5.74, 6) is -0.116. The molecular formula is C19H28N2O3. The van der Waals surface area contributed by atoms with Crippen LogP contribution < -0.4 is 5.32 Å². The van der Waals surface area contributed by atoms with Crippen molar-refractivity contribution in [2.24, 2.45) is 5.92 Å². The molecule has 0 radical (unpaired) electrons. The molecule has 1 N–H and O–H groups in total. The molecule has 1 aromatic carbocycles. The maximum Gasteiger partial charge on any atom is 0.309 e. The molecule has 5 nitrogen and oxygen atoms in total. The highest BCUT2D eigenvalue weighted by molar-refractivity contribution is 5.93. The van der Waals surface area contributed by atoms with Crippen molar-refractivity contribution in [3.8, 4) is 0 Å². The number of hydrogen-bond donors (Lipinski definition) is 1. The first-order valence-corrected chi connectivity index (χ1v) is 8.82. The Hall–Kier alpha value is -1.88. The summed E-state index contributed by atoms with van der Waals surface area (Å²) >= 11 is 0. The van der Waals surface area contributed by atoms with Gasteiger partial charge < -0.3 is 10.1 Å². The van der Waals surface area contributed by atoms with Gasteiger partial charge in [0.1, 0.15) is 0 Å².